The lowest BCUT2D eigenvalue weighted by Crippen LogP contribution is -2.32. The maximum absolute atomic E-state index is 11.6. The van der Waals surface area contributed by atoms with E-state index in [9.17, 15) is 4.79 Å². The molecule has 1 heterocycles. The fraction of sp³-hybridized carbons (Fsp3) is 0.417. The van der Waals surface area contributed by atoms with Crippen molar-refractivity contribution < 1.29 is 4.79 Å². The third-order valence-electron chi connectivity index (χ3n) is 3.08. The normalized spacial score (nSPS) is 24.4. The Morgan fingerprint density at radius 2 is 2.06 bits per heavy atom. The number of nitrogens with one attached hydrogen (secondary N) is 1. The second-order valence-electron chi connectivity index (χ2n) is 4.15. The molecule has 1 aromatic carbocycles. The van der Waals surface area contributed by atoms with Crippen molar-refractivity contribution in [2.24, 2.45) is 5.11 Å². The smallest absolute Gasteiger partial charge is 0.229 e. The lowest BCUT2D eigenvalue weighted by molar-refractivity contribution is -0.122. The second-order valence-corrected chi connectivity index (χ2v) is 4.15. The third-order valence-corrected chi connectivity index (χ3v) is 3.08. The third kappa shape index (κ3) is 2.77. The van der Waals surface area contributed by atoms with E-state index in [4.69, 9.17) is 5.53 Å². The molecule has 1 saturated heterocycles. The largest absolute Gasteiger partial charge is 0.355 e. The first kappa shape index (κ1) is 11.5. The molecule has 1 aromatic rings. The molecule has 1 aliphatic rings. The van der Waals surface area contributed by atoms with E-state index in [0.717, 1.165) is 6.42 Å². The van der Waals surface area contributed by atoms with Gasteiger partial charge in [-0.15, -0.1) is 0 Å². The van der Waals surface area contributed by atoms with Crippen molar-refractivity contribution >= 4 is 5.91 Å². The highest BCUT2D eigenvalue weighted by Gasteiger charge is 2.24. The van der Waals surface area contributed by atoms with Gasteiger partial charge in [-0.25, -0.2) is 0 Å². The molecule has 0 unspecified atom stereocenters. The Bertz CT molecular complexity index is 439. The number of azide groups is 1. The summed E-state index contributed by atoms with van der Waals surface area (Å²) < 4.78 is 0. The summed E-state index contributed by atoms with van der Waals surface area (Å²) >= 11 is 0. The van der Waals surface area contributed by atoms with Crippen LogP contribution in [0.25, 0.3) is 10.4 Å². The van der Waals surface area contributed by atoms with Crippen molar-refractivity contribution in [3.05, 3.63) is 46.3 Å². The van der Waals surface area contributed by atoms with Crippen LogP contribution in [0.15, 0.2) is 35.4 Å². The van der Waals surface area contributed by atoms with E-state index in [1.807, 2.05) is 18.2 Å². The van der Waals surface area contributed by atoms with Crippen LogP contribution in [0.5, 0.6) is 0 Å². The molecule has 2 rings (SSSR count). The van der Waals surface area contributed by atoms with Crippen molar-refractivity contribution in [3.8, 4) is 0 Å². The minimum absolute atomic E-state index is 0.166. The Kier molecular flexibility index (Phi) is 3.62. The van der Waals surface area contributed by atoms with Gasteiger partial charge >= 0.3 is 0 Å². The van der Waals surface area contributed by atoms with Gasteiger partial charge in [-0.05, 0) is 23.9 Å². The Morgan fingerprint density at radius 3 is 2.76 bits per heavy atom. The van der Waals surface area contributed by atoms with Crippen molar-refractivity contribution in [1.29, 1.82) is 0 Å². The molecule has 1 fully saturated rings. The number of benzene rings is 1. The quantitative estimate of drug-likeness (QED) is 0.472. The number of hydrogen-bond acceptors (Lipinski definition) is 2. The Balaban J connectivity index is 2.10. The van der Waals surface area contributed by atoms with Crippen LogP contribution >= 0.6 is 0 Å². The van der Waals surface area contributed by atoms with E-state index < -0.39 is 6.04 Å². The predicted molar refractivity (Wildman–Crippen MR) is 64.4 cm³/mol. The summed E-state index contributed by atoms with van der Waals surface area (Å²) in [4.78, 5) is 14.3. The molecule has 5 heteroatoms. The van der Waals surface area contributed by atoms with Crippen molar-refractivity contribution in [2.45, 2.75) is 24.8 Å². The molecule has 0 radical (unpaired) electrons. The van der Waals surface area contributed by atoms with Crippen LogP contribution in [0.1, 0.15) is 24.3 Å². The average Bonchev–Trinajstić information content (AvgIpc) is 2.55. The molecule has 0 aromatic heterocycles. The number of nitrogens with zero attached hydrogens (tertiary/aromatic N) is 3. The Hall–Kier alpha value is -2.00. The van der Waals surface area contributed by atoms with Crippen LogP contribution in [0.4, 0.5) is 0 Å². The minimum Gasteiger partial charge on any atom is -0.355 e. The molecule has 0 aliphatic carbocycles. The predicted octanol–water partition coefficient (Wildman–Crippen LogP) is 2.36. The first-order chi connectivity index (χ1) is 8.31. The van der Waals surface area contributed by atoms with E-state index in [1.165, 1.54) is 5.56 Å². The van der Waals surface area contributed by atoms with E-state index in [-0.39, 0.29) is 5.91 Å². The number of rotatable bonds is 2. The number of carbonyl (C=O) groups is 1. The van der Waals surface area contributed by atoms with Gasteiger partial charge in [-0.3, -0.25) is 4.79 Å². The van der Waals surface area contributed by atoms with Gasteiger partial charge in [0.15, 0.2) is 0 Å². The number of carbonyl (C=O) groups excluding carboxylic acids is 1. The number of hydrogen-bond donors (Lipinski definition) is 1. The zero-order chi connectivity index (χ0) is 12.1. The van der Waals surface area contributed by atoms with Crippen LogP contribution in [0, 0.1) is 0 Å². The van der Waals surface area contributed by atoms with Crippen LogP contribution in [0.3, 0.4) is 0 Å². The number of amides is 1. The van der Waals surface area contributed by atoms with E-state index in [2.05, 4.69) is 27.5 Å². The highest BCUT2D eigenvalue weighted by atomic mass is 16.2. The van der Waals surface area contributed by atoms with Gasteiger partial charge in [-0.1, -0.05) is 35.4 Å². The van der Waals surface area contributed by atoms with Crippen molar-refractivity contribution in [1.82, 2.24) is 5.32 Å². The highest BCUT2D eigenvalue weighted by molar-refractivity contribution is 5.82. The Labute approximate surface area is 99.5 Å². The van der Waals surface area contributed by atoms with Crippen LogP contribution in [0.2, 0.25) is 0 Å². The molecule has 0 spiro atoms. The average molecular weight is 230 g/mol. The standard InChI is InChI=1S/C12H14N4O/c13-16-15-11-7-6-10(8-14-12(11)17)9-4-2-1-3-5-9/h1-5,10-11H,6-8H2,(H,14,17)/t10-,11-/m0/s1. The van der Waals surface area contributed by atoms with Crippen molar-refractivity contribution in [3.63, 3.8) is 0 Å². The van der Waals surface area contributed by atoms with Gasteiger partial charge in [-0.2, -0.15) is 0 Å². The van der Waals surface area contributed by atoms with Gasteiger partial charge in [0.1, 0.15) is 6.04 Å². The summed E-state index contributed by atoms with van der Waals surface area (Å²) in [5, 5.41) is 6.35. The zero-order valence-corrected chi connectivity index (χ0v) is 9.41. The first-order valence-electron chi connectivity index (χ1n) is 5.68. The summed E-state index contributed by atoms with van der Waals surface area (Å²) in [5.74, 6) is 0.139. The molecule has 88 valence electrons. The summed E-state index contributed by atoms with van der Waals surface area (Å²) in [6, 6.07) is 9.52. The summed E-state index contributed by atoms with van der Waals surface area (Å²) in [6.07, 6.45) is 1.46. The monoisotopic (exact) mass is 230 g/mol. The van der Waals surface area contributed by atoms with E-state index in [0.29, 0.717) is 18.9 Å². The highest BCUT2D eigenvalue weighted by Crippen LogP contribution is 2.24. The molecule has 17 heavy (non-hydrogen) atoms. The van der Waals surface area contributed by atoms with Crippen LogP contribution in [-0.2, 0) is 4.79 Å². The molecule has 0 bridgehead atoms. The van der Waals surface area contributed by atoms with Crippen LogP contribution in [-0.4, -0.2) is 18.5 Å². The molecule has 2 atom stereocenters. The van der Waals surface area contributed by atoms with Crippen molar-refractivity contribution in [2.75, 3.05) is 6.54 Å². The van der Waals surface area contributed by atoms with Gasteiger partial charge in [0.05, 0.1) is 0 Å². The van der Waals surface area contributed by atoms with E-state index in [1.54, 1.807) is 0 Å². The SMILES string of the molecule is [N-]=[N+]=N[C@H]1CC[C@H](c2ccccc2)CNC1=O. The maximum atomic E-state index is 11.6. The molecular weight excluding hydrogens is 216 g/mol. The lowest BCUT2D eigenvalue weighted by atomic mass is 9.94. The lowest BCUT2D eigenvalue weighted by Gasteiger charge is -2.13. The minimum atomic E-state index is -0.561. The van der Waals surface area contributed by atoms with Gasteiger partial charge in [0.25, 0.3) is 0 Å². The van der Waals surface area contributed by atoms with Gasteiger partial charge in [0.2, 0.25) is 5.91 Å². The van der Waals surface area contributed by atoms with Gasteiger partial charge < -0.3 is 5.32 Å². The summed E-state index contributed by atoms with van der Waals surface area (Å²) in [7, 11) is 0. The van der Waals surface area contributed by atoms with E-state index >= 15 is 0 Å². The van der Waals surface area contributed by atoms with Gasteiger partial charge in [0, 0.05) is 17.4 Å². The summed E-state index contributed by atoms with van der Waals surface area (Å²) in [6.45, 7) is 0.611. The molecule has 5 nitrogen and oxygen atoms in total. The fourth-order valence-corrected chi connectivity index (χ4v) is 2.12. The maximum Gasteiger partial charge on any atom is 0.229 e. The summed E-state index contributed by atoms with van der Waals surface area (Å²) in [5.41, 5.74) is 9.61. The topological polar surface area (TPSA) is 77.9 Å². The zero-order valence-electron chi connectivity index (χ0n) is 9.41. The molecule has 0 saturated carbocycles. The Morgan fingerprint density at radius 1 is 1.29 bits per heavy atom. The van der Waals surface area contributed by atoms with Crippen LogP contribution < -0.4 is 5.32 Å². The molecule has 1 amide bonds. The second kappa shape index (κ2) is 5.37. The molecule has 1 N–H and O–H groups in total. The molecule has 1 aliphatic heterocycles. The fourth-order valence-electron chi connectivity index (χ4n) is 2.12. The first-order valence-corrected chi connectivity index (χ1v) is 5.68. The molecular formula is C12H14N4O.